The molecule has 0 spiro atoms. The summed E-state index contributed by atoms with van der Waals surface area (Å²) >= 11 is 8.05. The van der Waals surface area contributed by atoms with Gasteiger partial charge < -0.3 is 4.74 Å². The Hall–Kier alpha value is -0.810. The van der Waals surface area contributed by atoms with E-state index in [4.69, 9.17) is 16.3 Å². The predicted molar refractivity (Wildman–Crippen MR) is 73.0 cm³/mol. The molecular weight excluding hydrogens is 336 g/mol. The van der Waals surface area contributed by atoms with Gasteiger partial charge >= 0.3 is 0 Å². The molecule has 0 N–H and O–H groups in total. The monoisotopic (exact) mass is 345 g/mol. The molecule has 0 fully saturated rings. The Morgan fingerprint density at radius 2 is 2.00 bits per heavy atom. The van der Waals surface area contributed by atoms with E-state index >= 15 is 0 Å². The smallest absolute Gasteiger partial charge is 0.140 e. The quantitative estimate of drug-likeness (QED) is 0.614. The van der Waals surface area contributed by atoms with Gasteiger partial charge in [-0.25, -0.2) is 0 Å². The number of alkyl halides is 1. The van der Waals surface area contributed by atoms with E-state index in [0.717, 1.165) is 20.6 Å². The molecule has 0 atom stereocenters. The molecule has 2 nitrogen and oxygen atoms in total. The second-order valence-electron chi connectivity index (χ2n) is 3.15. The van der Waals surface area contributed by atoms with Crippen molar-refractivity contribution in [2.75, 3.05) is 0 Å². The highest BCUT2D eigenvalue weighted by molar-refractivity contribution is 14.1. The van der Waals surface area contributed by atoms with Crippen molar-refractivity contribution in [2.24, 2.45) is 0 Å². The minimum atomic E-state index is 0.395. The lowest BCUT2D eigenvalue weighted by atomic mass is 10.3. The van der Waals surface area contributed by atoms with Gasteiger partial charge in [0.2, 0.25) is 0 Å². The van der Waals surface area contributed by atoms with Crippen molar-refractivity contribution in [1.82, 2.24) is 4.98 Å². The summed E-state index contributed by atoms with van der Waals surface area (Å²) < 4.78 is 6.87. The first-order valence-electron chi connectivity index (χ1n) is 4.72. The molecule has 0 saturated heterocycles. The molecule has 2 rings (SSSR count). The lowest BCUT2D eigenvalue weighted by Crippen LogP contribution is -1.91. The Balaban J connectivity index is 2.30. The molecule has 1 aromatic heterocycles. The Morgan fingerprint density at radius 3 is 2.75 bits per heavy atom. The minimum Gasteiger partial charge on any atom is -0.456 e. The lowest BCUT2D eigenvalue weighted by molar-refractivity contribution is 0.474. The molecule has 0 aliphatic heterocycles. The van der Waals surface area contributed by atoms with Gasteiger partial charge in [0.1, 0.15) is 11.5 Å². The van der Waals surface area contributed by atoms with E-state index in [1.54, 1.807) is 12.4 Å². The third kappa shape index (κ3) is 2.65. The fourth-order valence-corrected chi connectivity index (χ4v) is 1.96. The molecule has 0 radical (unpaired) electrons. The van der Waals surface area contributed by atoms with Crippen LogP contribution in [0, 0.1) is 3.57 Å². The summed E-state index contributed by atoms with van der Waals surface area (Å²) in [6, 6.07) is 9.67. The van der Waals surface area contributed by atoms with Crippen LogP contribution in [0.4, 0.5) is 0 Å². The third-order valence-electron chi connectivity index (χ3n) is 2.06. The zero-order chi connectivity index (χ0) is 11.4. The maximum absolute atomic E-state index is 5.82. The normalized spacial score (nSPS) is 10.1. The summed E-state index contributed by atoms with van der Waals surface area (Å²) in [7, 11) is 0. The van der Waals surface area contributed by atoms with Gasteiger partial charge in [-0.15, -0.1) is 11.6 Å². The second kappa shape index (κ2) is 5.50. The van der Waals surface area contributed by atoms with Crippen LogP contribution in [0.1, 0.15) is 5.56 Å². The molecule has 0 saturated carbocycles. The molecule has 16 heavy (non-hydrogen) atoms. The van der Waals surface area contributed by atoms with Gasteiger partial charge in [0, 0.05) is 18.0 Å². The van der Waals surface area contributed by atoms with Gasteiger partial charge in [0.05, 0.1) is 9.45 Å². The molecule has 0 bridgehead atoms. The zero-order valence-corrected chi connectivity index (χ0v) is 11.3. The first kappa shape index (κ1) is 11.7. The van der Waals surface area contributed by atoms with Gasteiger partial charge in [-0.2, -0.15) is 0 Å². The third-order valence-corrected chi connectivity index (χ3v) is 3.24. The van der Waals surface area contributed by atoms with Gasteiger partial charge in [-0.05, 0) is 40.8 Å². The number of pyridine rings is 1. The molecular formula is C12H9ClINO. The largest absolute Gasteiger partial charge is 0.456 e. The molecule has 1 aromatic carbocycles. The number of aromatic nitrogens is 1. The van der Waals surface area contributed by atoms with E-state index < -0.39 is 0 Å². The number of rotatable bonds is 3. The summed E-state index contributed by atoms with van der Waals surface area (Å²) in [6.45, 7) is 0. The summed E-state index contributed by atoms with van der Waals surface area (Å²) in [5, 5.41) is 0. The average Bonchev–Trinajstić information content (AvgIpc) is 2.33. The average molecular weight is 346 g/mol. The molecule has 0 amide bonds. The Labute approximate surface area is 113 Å². The van der Waals surface area contributed by atoms with Crippen LogP contribution in [0.25, 0.3) is 0 Å². The lowest BCUT2D eigenvalue weighted by Gasteiger charge is -2.09. The number of benzene rings is 1. The molecule has 0 aliphatic carbocycles. The van der Waals surface area contributed by atoms with Crippen LogP contribution < -0.4 is 4.74 Å². The Kier molecular flexibility index (Phi) is 4.01. The van der Waals surface area contributed by atoms with Crippen molar-refractivity contribution in [2.45, 2.75) is 5.88 Å². The van der Waals surface area contributed by atoms with Crippen molar-refractivity contribution in [3.63, 3.8) is 0 Å². The van der Waals surface area contributed by atoms with Crippen LogP contribution in [0.5, 0.6) is 11.5 Å². The Morgan fingerprint density at radius 1 is 1.19 bits per heavy atom. The standard InChI is InChI=1S/C12H9ClINO/c13-7-9-8-15-6-5-11(9)16-12-4-2-1-3-10(12)14/h1-6,8H,7H2. The van der Waals surface area contributed by atoms with E-state index in [2.05, 4.69) is 27.6 Å². The van der Waals surface area contributed by atoms with E-state index in [1.807, 2.05) is 30.3 Å². The highest BCUT2D eigenvalue weighted by Crippen LogP contribution is 2.28. The molecule has 2 aromatic rings. The van der Waals surface area contributed by atoms with Gasteiger partial charge in [-0.1, -0.05) is 12.1 Å². The summed E-state index contributed by atoms with van der Waals surface area (Å²) in [5.41, 5.74) is 0.892. The van der Waals surface area contributed by atoms with E-state index in [-0.39, 0.29) is 0 Å². The van der Waals surface area contributed by atoms with Crippen LogP contribution in [-0.2, 0) is 5.88 Å². The van der Waals surface area contributed by atoms with Crippen LogP contribution in [0.3, 0.4) is 0 Å². The maximum atomic E-state index is 5.82. The topological polar surface area (TPSA) is 22.1 Å². The number of ether oxygens (including phenoxy) is 1. The highest BCUT2D eigenvalue weighted by atomic mass is 127. The molecule has 4 heteroatoms. The molecule has 1 heterocycles. The Bertz CT molecular complexity index is 490. The summed E-state index contributed by atoms with van der Waals surface area (Å²) in [6.07, 6.45) is 3.42. The summed E-state index contributed by atoms with van der Waals surface area (Å²) in [5.74, 6) is 1.99. The fourth-order valence-electron chi connectivity index (χ4n) is 1.26. The van der Waals surface area contributed by atoms with Crippen LogP contribution in [0.15, 0.2) is 42.7 Å². The van der Waals surface area contributed by atoms with Crippen LogP contribution >= 0.6 is 34.2 Å². The molecule has 82 valence electrons. The maximum Gasteiger partial charge on any atom is 0.140 e. The highest BCUT2D eigenvalue weighted by Gasteiger charge is 2.05. The predicted octanol–water partition coefficient (Wildman–Crippen LogP) is 4.22. The zero-order valence-electron chi connectivity index (χ0n) is 8.36. The first-order chi connectivity index (χ1) is 7.81. The first-order valence-corrected chi connectivity index (χ1v) is 6.34. The van der Waals surface area contributed by atoms with Gasteiger partial charge in [0.25, 0.3) is 0 Å². The van der Waals surface area contributed by atoms with Crippen molar-refractivity contribution < 1.29 is 4.74 Å². The van der Waals surface area contributed by atoms with Crippen molar-refractivity contribution in [3.8, 4) is 11.5 Å². The number of hydrogen-bond acceptors (Lipinski definition) is 2. The number of para-hydroxylation sites is 1. The number of halogens is 2. The summed E-state index contributed by atoms with van der Waals surface area (Å²) in [4.78, 5) is 4.01. The molecule has 0 aliphatic rings. The van der Waals surface area contributed by atoms with Crippen molar-refractivity contribution in [3.05, 3.63) is 51.9 Å². The minimum absolute atomic E-state index is 0.395. The van der Waals surface area contributed by atoms with E-state index in [1.165, 1.54) is 0 Å². The van der Waals surface area contributed by atoms with Crippen LogP contribution in [0.2, 0.25) is 0 Å². The number of nitrogens with zero attached hydrogens (tertiary/aromatic N) is 1. The SMILES string of the molecule is ClCc1cnccc1Oc1ccccc1I. The molecule has 0 unspecified atom stereocenters. The van der Waals surface area contributed by atoms with Crippen molar-refractivity contribution in [1.29, 1.82) is 0 Å². The van der Waals surface area contributed by atoms with E-state index in [9.17, 15) is 0 Å². The van der Waals surface area contributed by atoms with Crippen LogP contribution in [-0.4, -0.2) is 4.98 Å². The number of hydrogen-bond donors (Lipinski definition) is 0. The van der Waals surface area contributed by atoms with Gasteiger partial charge in [0.15, 0.2) is 0 Å². The van der Waals surface area contributed by atoms with Gasteiger partial charge in [-0.3, -0.25) is 4.98 Å². The second-order valence-corrected chi connectivity index (χ2v) is 4.58. The van der Waals surface area contributed by atoms with E-state index in [0.29, 0.717) is 5.88 Å². The van der Waals surface area contributed by atoms with Crippen molar-refractivity contribution >= 4 is 34.2 Å². The fraction of sp³-hybridized carbons (Fsp3) is 0.0833.